The third-order valence-corrected chi connectivity index (χ3v) is 7.77. The Labute approximate surface area is 230 Å². The normalized spacial score (nSPS) is 19.7. The van der Waals surface area contributed by atoms with Gasteiger partial charge in [0.15, 0.2) is 0 Å². The zero-order chi connectivity index (χ0) is 27.4. The predicted molar refractivity (Wildman–Crippen MR) is 152 cm³/mol. The Bertz CT molecular complexity index is 1300. The van der Waals surface area contributed by atoms with Crippen LogP contribution >= 0.6 is 0 Å². The van der Waals surface area contributed by atoms with Gasteiger partial charge >= 0.3 is 0 Å². The Morgan fingerprint density at radius 3 is 2.44 bits per heavy atom. The van der Waals surface area contributed by atoms with Crippen molar-refractivity contribution in [3.05, 3.63) is 83.0 Å². The average molecular weight is 528 g/mol. The van der Waals surface area contributed by atoms with Gasteiger partial charge in [-0.2, -0.15) is 0 Å². The molecule has 8 nitrogen and oxygen atoms in total. The number of piperazine rings is 1. The van der Waals surface area contributed by atoms with Crippen LogP contribution in [0.4, 0.5) is 5.82 Å². The molecule has 0 bridgehead atoms. The maximum Gasteiger partial charge on any atom is 0.255 e. The molecule has 2 amide bonds. The van der Waals surface area contributed by atoms with E-state index in [1.54, 1.807) is 12.3 Å². The number of anilines is 1. The molecule has 1 aromatic heterocycles. The van der Waals surface area contributed by atoms with Crippen LogP contribution in [-0.2, 0) is 11.3 Å². The van der Waals surface area contributed by atoms with Crippen molar-refractivity contribution in [3.8, 4) is 11.1 Å². The van der Waals surface area contributed by atoms with Gasteiger partial charge in [-0.3, -0.25) is 9.59 Å². The molecule has 2 fully saturated rings. The van der Waals surface area contributed by atoms with Crippen LogP contribution in [0.1, 0.15) is 51.1 Å². The molecule has 0 spiro atoms. The minimum atomic E-state index is -0.250. The first-order valence-electron chi connectivity index (χ1n) is 13.7. The van der Waals surface area contributed by atoms with E-state index in [4.69, 9.17) is 10.5 Å². The number of nitrogen functional groups attached to an aromatic ring is 1. The molecule has 3 N–H and O–H groups in total. The maximum absolute atomic E-state index is 13.3. The molecule has 0 unspecified atom stereocenters. The lowest BCUT2D eigenvalue weighted by Crippen LogP contribution is -2.47. The molecule has 2 aliphatic rings. The summed E-state index contributed by atoms with van der Waals surface area (Å²) >= 11 is 0. The molecule has 2 atom stereocenters. The molecule has 2 heterocycles. The van der Waals surface area contributed by atoms with Crippen LogP contribution in [0.25, 0.3) is 11.1 Å². The standard InChI is InChI=1S/C31H37N5O3/c1-21-6-8-22(9-7-21)20-39-28-5-3-4-27(28)34-30(37)26-18-25(19-33-29(26)32)23-10-12-24(13-11-23)31(38)36-16-14-35(2)15-17-36/h6-13,18-19,27-28H,3-5,14-17,20H2,1-2H3,(H2,32,33)(H,34,37)/t27-,28-/m0/s1. The zero-order valence-corrected chi connectivity index (χ0v) is 22.7. The van der Waals surface area contributed by atoms with Gasteiger partial charge in [0.05, 0.1) is 24.3 Å². The lowest BCUT2D eigenvalue weighted by atomic mass is 10.0. The number of likely N-dealkylation sites (N-methyl/N-ethyl adjacent to an activating group) is 1. The van der Waals surface area contributed by atoms with E-state index in [2.05, 4.69) is 53.4 Å². The summed E-state index contributed by atoms with van der Waals surface area (Å²) in [5.41, 5.74) is 11.1. The van der Waals surface area contributed by atoms with Gasteiger partial charge in [-0.15, -0.1) is 0 Å². The van der Waals surface area contributed by atoms with E-state index in [0.29, 0.717) is 17.7 Å². The summed E-state index contributed by atoms with van der Waals surface area (Å²) in [7, 11) is 2.07. The SMILES string of the molecule is Cc1ccc(CO[C@H]2CCC[C@@H]2NC(=O)c2cc(-c3ccc(C(=O)N4CCN(C)CC4)cc3)cnc2N)cc1. The van der Waals surface area contributed by atoms with Gasteiger partial charge in [-0.05, 0) is 62.6 Å². The first-order chi connectivity index (χ1) is 18.9. The Morgan fingerprint density at radius 2 is 1.72 bits per heavy atom. The Balaban J connectivity index is 1.23. The van der Waals surface area contributed by atoms with Crippen molar-refractivity contribution in [3.63, 3.8) is 0 Å². The Morgan fingerprint density at radius 1 is 1.00 bits per heavy atom. The van der Waals surface area contributed by atoms with Gasteiger partial charge in [0.2, 0.25) is 0 Å². The fourth-order valence-electron chi connectivity index (χ4n) is 5.24. The minimum Gasteiger partial charge on any atom is -0.383 e. The largest absolute Gasteiger partial charge is 0.383 e. The molecule has 1 aliphatic carbocycles. The molecule has 0 radical (unpaired) electrons. The molecule has 1 saturated heterocycles. The molecule has 3 aromatic rings. The second-order valence-corrected chi connectivity index (χ2v) is 10.7. The van der Waals surface area contributed by atoms with Gasteiger partial charge in [-0.25, -0.2) is 4.98 Å². The number of rotatable bonds is 7. The summed E-state index contributed by atoms with van der Waals surface area (Å²) in [6.45, 7) is 5.81. The summed E-state index contributed by atoms with van der Waals surface area (Å²) in [6.07, 6.45) is 4.38. The number of amides is 2. The number of aromatic nitrogens is 1. The number of nitrogens with zero attached hydrogens (tertiary/aromatic N) is 3. The van der Waals surface area contributed by atoms with Crippen molar-refractivity contribution in [1.29, 1.82) is 0 Å². The average Bonchev–Trinajstić information content (AvgIpc) is 3.39. The van der Waals surface area contributed by atoms with Crippen molar-refractivity contribution in [2.45, 2.75) is 44.9 Å². The summed E-state index contributed by atoms with van der Waals surface area (Å²) < 4.78 is 6.19. The molecule has 8 heteroatoms. The number of carbonyl (C=O) groups excluding carboxylic acids is 2. The highest BCUT2D eigenvalue weighted by atomic mass is 16.5. The number of hydrogen-bond donors (Lipinski definition) is 2. The van der Waals surface area contributed by atoms with Crippen LogP contribution in [0.2, 0.25) is 0 Å². The third kappa shape index (κ3) is 6.46. The smallest absolute Gasteiger partial charge is 0.255 e. The zero-order valence-electron chi connectivity index (χ0n) is 22.7. The second-order valence-electron chi connectivity index (χ2n) is 10.7. The van der Waals surface area contributed by atoms with E-state index in [-0.39, 0.29) is 29.8 Å². The number of pyridine rings is 1. The van der Waals surface area contributed by atoms with E-state index in [9.17, 15) is 9.59 Å². The van der Waals surface area contributed by atoms with Crippen molar-refractivity contribution in [1.82, 2.24) is 20.1 Å². The number of nitrogens with two attached hydrogens (primary N) is 1. The minimum absolute atomic E-state index is 0.0425. The van der Waals surface area contributed by atoms with E-state index in [0.717, 1.165) is 62.1 Å². The van der Waals surface area contributed by atoms with Gasteiger partial charge in [-0.1, -0.05) is 42.0 Å². The topological polar surface area (TPSA) is 101 Å². The predicted octanol–water partition coefficient (Wildman–Crippen LogP) is 3.89. The van der Waals surface area contributed by atoms with E-state index >= 15 is 0 Å². The maximum atomic E-state index is 13.3. The molecule has 2 aromatic carbocycles. The molecule has 1 aliphatic heterocycles. The van der Waals surface area contributed by atoms with Crippen molar-refractivity contribution < 1.29 is 14.3 Å². The summed E-state index contributed by atoms with van der Waals surface area (Å²) in [4.78, 5) is 34.6. The second kappa shape index (κ2) is 12.0. The summed E-state index contributed by atoms with van der Waals surface area (Å²) in [6, 6.07) is 17.4. The molecule has 5 rings (SSSR count). The van der Waals surface area contributed by atoms with Crippen LogP contribution < -0.4 is 11.1 Å². The lowest BCUT2D eigenvalue weighted by molar-refractivity contribution is 0.0272. The number of ether oxygens (including phenoxy) is 1. The van der Waals surface area contributed by atoms with E-state index in [1.807, 2.05) is 29.2 Å². The number of aryl methyl sites for hydroxylation is 1. The molecular weight excluding hydrogens is 490 g/mol. The van der Waals surface area contributed by atoms with Gasteiger partial charge < -0.3 is 25.6 Å². The fourth-order valence-corrected chi connectivity index (χ4v) is 5.24. The Kier molecular flexibility index (Phi) is 8.24. The first kappa shape index (κ1) is 26.8. The van der Waals surface area contributed by atoms with Crippen LogP contribution in [0.5, 0.6) is 0 Å². The monoisotopic (exact) mass is 527 g/mol. The molecule has 39 heavy (non-hydrogen) atoms. The number of nitrogens with one attached hydrogen (secondary N) is 1. The number of hydrogen-bond acceptors (Lipinski definition) is 6. The highest BCUT2D eigenvalue weighted by molar-refractivity contribution is 6.00. The van der Waals surface area contributed by atoms with Gasteiger partial charge in [0, 0.05) is 43.5 Å². The molecule has 204 valence electrons. The number of benzene rings is 2. The van der Waals surface area contributed by atoms with Crippen molar-refractivity contribution >= 4 is 17.6 Å². The molecule has 1 saturated carbocycles. The van der Waals surface area contributed by atoms with Gasteiger partial charge in [0.1, 0.15) is 5.82 Å². The van der Waals surface area contributed by atoms with Crippen LogP contribution in [0.3, 0.4) is 0 Å². The van der Waals surface area contributed by atoms with Crippen molar-refractivity contribution in [2.75, 3.05) is 39.0 Å². The Hall–Kier alpha value is -3.75. The highest BCUT2D eigenvalue weighted by Crippen LogP contribution is 2.26. The number of carbonyl (C=O) groups is 2. The van der Waals surface area contributed by atoms with Crippen LogP contribution in [0, 0.1) is 6.92 Å². The first-order valence-corrected chi connectivity index (χ1v) is 13.7. The molecular formula is C31H37N5O3. The van der Waals surface area contributed by atoms with E-state index in [1.165, 1.54) is 5.56 Å². The summed E-state index contributed by atoms with van der Waals surface area (Å²) in [5, 5.41) is 3.14. The van der Waals surface area contributed by atoms with Crippen LogP contribution in [0.15, 0.2) is 60.8 Å². The fraction of sp³-hybridized carbons (Fsp3) is 0.387. The quantitative estimate of drug-likeness (QED) is 0.484. The van der Waals surface area contributed by atoms with Crippen LogP contribution in [-0.4, -0.2) is 72.0 Å². The lowest BCUT2D eigenvalue weighted by Gasteiger charge is -2.32. The van der Waals surface area contributed by atoms with Gasteiger partial charge in [0.25, 0.3) is 11.8 Å². The highest BCUT2D eigenvalue weighted by Gasteiger charge is 2.30. The van der Waals surface area contributed by atoms with E-state index < -0.39 is 0 Å². The third-order valence-electron chi connectivity index (χ3n) is 7.77. The summed E-state index contributed by atoms with van der Waals surface area (Å²) in [5.74, 6) is -0.0198. The van der Waals surface area contributed by atoms with Crippen molar-refractivity contribution in [2.24, 2.45) is 0 Å².